The van der Waals surface area contributed by atoms with E-state index in [4.69, 9.17) is 9.97 Å². The van der Waals surface area contributed by atoms with Gasteiger partial charge in [0, 0.05) is 49.9 Å². The van der Waals surface area contributed by atoms with Gasteiger partial charge in [-0.1, -0.05) is 18.2 Å². The van der Waals surface area contributed by atoms with Crippen LogP contribution >= 0.6 is 0 Å². The molecule has 148 valence electrons. The smallest absolute Gasteiger partial charge is 0.256 e. The first-order chi connectivity index (χ1) is 14.2. The average molecular weight is 387 g/mol. The minimum absolute atomic E-state index is 0.0486. The summed E-state index contributed by atoms with van der Waals surface area (Å²) >= 11 is 0. The molecule has 2 aliphatic heterocycles. The molecule has 6 heteroatoms. The zero-order chi connectivity index (χ0) is 19.8. The van der Waals surface area contributed by atoms with Crippen LogP contribution in [0.15, 0.2) is 36.5 Å². The van der Waals surface area contributed by atoms with Crippen LogP contribution in [0.1, 0.15) is 40.2 Å². The normalized spacial score (nSPS) is 16.7. The number of rotatable bonds is 2. The Labute approximate surface area is 170 Å². The number of carbonyl (C=O) groups is 1. The molecule has 0 unspecified atom stereocenters. The number of benzene rings is 1. The number of anilines is 1. The van der Waals surface area contributed by atoms with Gasteiger partial charge >= 0.3 is 0 Å². The van der Waals surface area contributed by atoms with Gasteiger partial charge in [0.2, 0.25) is 5.95 Å². The Morgan fingerprint density at radius 3 is 2.62 bits per heavy atom. The molecule has 5 rings (SSSR count). The second kappa shape index (κ2) is 7.43. The maximum Gasteiger partial charge on any atom is 0.256 e. The molecule has 4 heterocycles. The average Bonchev–Trinajstić information content (AvgIpc) is 3.20. The highest BCUT2D eigenvalue weighted by Crippen LogP contribution is 2.24. The van der Waals surface area contributed by atoms with E-state index in [1.54, 1.807) is 6.20 Å². The standard InChI is InChI=1S/C23H25N5O/c1-16-18-9-14-27(15-10-20(18)26-23(25-16)28-12-2-3-13-28)22(29)19-8-4-6-17-7-5-11-24-21(17)19/h4-8,11H,2-3,9-10,12-15H2,1H3. The summed E-state index contributed by atoms with van der Waals surface area (Å²) in [5.74, 6) is 0.907. The maximum atomic E-state index is 13.3. The summed E-state index contributed by atoms with van der Waals surface area (Å²) in [5.41, 5.74) is 4.81. The molecule has 2 aromatic heterocycles. The van der Waals surface area contributed by atoms with Crippen LogP contribution in [0.4, 0.5) is 5.95 Å². The Balaban J connectivity index is 1.41. The number of pyridine rings is 1. The van der Waals surface area contributed by atoms with E-state index in [-0.39, 0.29) is 5.91 Å². The molecule has 0 aliphatic carbocycles. The van der Waals surface area contributed by atoms with Crippen LogP contribution in [0, 0.1) is 6.92 Å². The van der Waals surface area contributed by atoms with E-state index in [9.17, 15) is 4.79 Å². The fourth-order valence-electron chi connectivity index (χ4n) is 4.48. The van der Waals surface area contributed by atoms with E-state index in [1.165, 1.54) is 18.4 Å². The predicted octanol–water partition coefficient (Wildman–Crippen LogP) is 3.17. The monoisotopic (exact) mass is 387 g/mol. The summed E-state index contributed by atoms with van der Waals surface area (Å²) in [6, 6.07) is 9.71. The first kappa shape index (κ1) is 18.0. The van der Waals surface area contributed by atoms with Gasteiger partial charge in [0.25, 0.3) is 5.91 Å². The number of hydrogen-bond acceptors (Lipinski definition) is 5. The third kappa shape index (κ3) is 3.33. The number of fused-ring (bicyclic) bond motifs is 2. The van der Waals surface area contributed by atoms with E-state index in [0.29, 0.717) is 18.7 Å². The van der Waals surface area contributed by atoms with Gasteiger partial charge in [-0.15, -0.1) is 0 Å². The largest absolute Gasteiger partial charge is 0.341 e. The fraction of sp³-hybridized carbons (Fsp3) is 0.391. The lowest BCUT2D eigenvalue weighted by Crippen LogP contribution is -2.33. The molecule has 2 aliphatic rings. The van der Waals surface area contributed by atoms with Crippen molar-refractivity contribution >= 4 is 22.8 Å². The summed E-state index contributed by atoms with van der Waals surface area (Å²) in [7, 11) is 0. The highest BCUT2D eigenvalue weighted by atomic mass is 16.2. The topological polar surface area (TPSA) is 62.2 Å². The molecule has 0 radical (unpaired) electrons. The number of amides is 1. The Kier molecular flexibility index (Phi) is 4.62. The van der Waals surface area contributed by atoms with Crippen molar-refractivity contribution < 1.29 is 4.79 Å². The van der Waals surface area contributed by atoms with Crippen LogP contribution in [-0.2, 0) is 12.8 Å². The van der Waals surface area contributed by atoms with Crippen LogP contribution in [0.5, 0.6) is 0 Å². The zero-order valence-electron chi connectivity index (χ0n) is 16.8. The summed E-state index contributed by atoms with van der Waals surface area (Å²) in [5, 5.41) is 0.994. The predicted molar refractivity (Wildman–Crippen MR) is 113 cm³/mol. The van der Waals surface area contributed by atoms with E-state index >= 15 is 0 Å². The second-order valence-electron chi connectivity index (χ2n) is 7.90. The molecule has 1 amide bonds. The quantitative estimate of drug-likeness (QED) is 0.676. The van der Waals surface area contributed by atoms with Gasteiger partial charge < -0.3 is 9.80 Å². The number of aryl methyl sites for hydroxylation is 1. The molecule has 1 fully saturated rings. The number of nitrogens with zero attached hydrogens (tertiary/aromatic N) is 5. The van der Waals surface area contributed by atoms with Gasteiger partial charge in [0.05, 0.1) is 16.8 Å². The summed E-state index contributed by atoms with van der Waals surface area (Å²) in [6.45, 7) is 5.51. The fourth-order valence-corrected chi connectivity index (χ4v) is 4.48. The van der Waals surface area contributed by atoms with E-state index in [1.807, 2.05) is 35.2 Å². The number of carbonyl (C=O) groups excluding carboxylic acids is 1. The number of para-hydroxylation sites is 1. The number of hydrogen-bond donors (Lipinski definition) is 0. The lowest BCUT2D eigenvalue weighted by atomic mass is 10.1. The van der Waals surface area contributed by atoms with Gasteiger partial charge in [0.15, 0.2) is 0 Å². The SMILES string of the molecule is Cc1nc(N2CCCC2)nc2c1CCN(C(=O)c1cccc3cccnc13)CC2. The molecule has 3 aromatic rings. The molecule has 0 bridgehead atoms. The molecule has 29 heavy (non-hydrogen) atoms. The molecule has 0 atom stereocenters. The molecule has 1 saturated heterocycles. The number of aromatic nitrogens is 3. The van der Waals surface area contributed by atoms with Gasteiger partial charge in [-0.3, -0.25) is 9.78 Å². The van der Waals surface area contributed by atoms with Gasteiger partial charge in [-0.2, -0.15) is 0 Å². The first-order valence-electron chi connectivity index (χ1n) is 10.4. The van der Waals surface area contributed by atoms with Crippen molar-refractivity contribution in [2.75, 3.05) is 31.1 Å². The van der Waals surface area contributed by atoms with Gasteiger partial charge in [0.1, 0.15) is 0 Å². The van der Waals surface area contributed by atoms with E-state index in [0.717, 1.165) is 54.2 Å². The minimum Gasteiger partial charge on any atom is -0.341 e. The Morgan fingerprint density at radius 1 is 0.966 bits per heavy atom. The molecule has 0 N–H and O–H groups in total. The lowest BCUT2D eigenvalue weighted by Gasteiger charge is -2.20. The van der Waals surface area contributed by atoms with Gasteiger partial charge in [-0.05, 0) is 43.9 Å². The van der Waals surface area contributed by atoms with Crippen molar-refractivity contribution in [3.63, 3.8) is 0 Å². The highest BCUT2D eigenvalue weighted by Gasteiger charge is 2.25. The third-order valence-corrected chi connectivity index (χ3v) is 6.08. The molecule has 1 aromatic carbocycles. The van der Waals surface area contributed by atoms with E-state index < -0.39 is 0 Å². The Bertz CT molecular complexity index is 1070. The zero-order valence-corrected chi connectivity index (χ0v) is 16.8. The van der Waals surface area contributed by atoms with E-state index in [2.05, 4.69) is 16.8 Å². The first-order valence-corrected chi connectivity index (χ1v) is 10.4. The lowest BCUT2D eigenvalue weighted by molar-refractivity contribution is 0.0764. The third-order valence-electron chi connectivity index (χ3n) is 6.08. The van der Waals surface area contributed by atoms with Crippen molar-refractivity contribution in [3.05, 3.63) is 59.0 Å². The van der Waals surface area contributed by atoms with Gasteiger partial charge in [-0.25, -0.2) is 9.97 Å². The Hall–Kier alpha value is -3.02. The molecule has 0 saturated carbocycles. The van der Waals surface area contributed by atoms with Crippen molar-refractivity contribution in [3.8, 4) is 0 Å². The molecule has 0 spiro atoms. The van der Waals surface area contributed by atoms with Crippen molar-refractivity contribution in [1.82, 2.24) is 19.9 Å². The summed E-state index contributed by atoms with van der Waals surface area (Å²) in [6.07, 6.45) is 5.73. The molecular formula is C23H25N5O. The van der Waals surface area contributed by atoms with Crippen LogP contribution in [-0.4, -0.2) is 51.9 Å². The Morgan fingerprint density at radius 2 is 1.76 bits per heavy atom. The highest BCUT2D eigenvalue weighted by molar-refractivity contribution is 6.05. The van der Waals surface area contributed by atoms with Crippen molar-refractivity contribution in [2.24, 2.45) is 0 Å². The van der Waals surface area contributed by atoms with Crippen LogP contribution in [0.2, 0.25) is 0 Å². The molecular weight excluding hydrogens is 362 g/mol. The summed E-state index contributed by atoms with van der Waals surface area (Å²) in [4.78, 5) is 31.7. The van der Waals surface area contributed by atoms with Crippen LogP contribution < -0.4 is 4.90 Å². The molecule has 6 nitrogen and oxygen atoms in total. The maximum absolute atomic E-state index is 13.3. The second-order valence-corrected chi connectivity index (χ2v) is 7.90. The van der Waals surface area contributed by atoms with Crippen molar-refractivity contribution in [1.29, 1.82) is 0 Å². The van der Waals surface area contributed by atoms with Crippen LogP contribution in [0.3, 0.4) is 0 Å². The van der Waals surface area contributed by atoms with Crippen molar-refractivity contribution in [2.45, 2.75) is 32.6 Å². The minimum atomic E-state index is 0.0486. The summed E-state index contributed by atoms with van der Waals surface area (Å²) < 4.78 is 0. The van der Waals surface area contributed by atoms with Crippen LogP contribution in [0.25, 0.3) is 10.9 Å².